The summed E-state index contributed by atoms with van der Waals surface area (Å²) in [5.74, 6) is -2.45. The number of aromatic nitrogens is 4. The highest BCUT2D eigenvalue weighted by Crippen LogP contribution is 2.38. The molecule has 0 unspecified atom stereocenters. The number of piperidine rings is 1. The van der Waals surface area contributed by atoms with Gasteiger partial charge in [0.25, 0.3) is 5.92 Å². The maximum atomic E-state index is 14.2. The van der Waals surface area contributed by atoms with Gasteiger partial charge < -0.3 is 25.8 Å². The molecule has 3 saturated heterocycles. The molecule has 0 radical (unpaired) electrons. The zero-order chi connectivity index (χ0) is 45.3. The van der Waals surface area contributed by atoms with Crippen LogP contribution in [0.25, 0.3) is 10.4 Å². The van der Waals surface area contributed by atoms with Gasteiger partial charge in [0.15, 0.2) is 0 Å². The average Bonchev–Trinajstić information content (AvgIpc) is 4.02. The summed E-state index contributed by atoms with van der Waals surface area (Å²) in [5, 5.41) is 11.1. The number of hydrogen-bond acceptors (Lipinski definition) is 11. The molecule has 8 rings (SSSR count). The number of aryl methyl sites for hydroxylation is 1. The van der Waals surface area contributed by atoms with Gasteiger partial charge >= 0.3 is 0 Å². The standard InChI is InChI=1S/C46H57F2N11O4S/c1-28(30-8-10-32(11-9-30)40-29(2)51-27-64-40)52-43(61)36-7-6-17-58(36)44(62)41(45(3,4)5)55-42(60)34-21-35(22-34)59(63)57-18-12-31(13-19-57)33-23-37(53-38-25-49-15-16-50-38)54-39(24-33)56-20-14-46(47,48)26-56/h8-11,15-16,23-25,27-28,31,34-36,41H,6-7,12-14,17-22,26H2,1-5H3,(H2-,50,52,53,54,55,60,61)/p+1/t28-,34?,35?,36-,41+/m0/s1. The fraction of sp³-hybridized carbons (Fsp3) is 0.543. The lowest BCUT2D eigenvalue weighted by Gasteiger charge is -2.38. The number of thiazole rings is 1. The number of hydrazine groups is 1. The predicted molar refractivity (Wildman–Crippen MR) is 240 cm³/mol. The first kappa shape index (κ1) is 44.9. The van der Waals surface area contributed by atoms with Gasteiger partial charge in [-0.25, -0.2) is 23.7 Å². The molecule has 3 aromatic heterocycles. The number of nitrogens with zero attached hydrogens (tertiary/aromatic N) is 8. The number of nitroso groups, excluding NO2 is 1. The fourth-order valence-corrected chi connectivity index (χ4v) is 10.1. The number of carbonyl (C=O) groups is 3. The van der Waals surface area contributed by atoms with Crippen LogP contribution < -0.4 is 20.9 Å². The van der Waals surface area contributed by atoms with Gasteiger partial charge in [0.1, 0.15) is 34.4 Å². The van der Waals surface area contributed by atoms with Crippen molar-refractivity contribution in [2.45, 2.75) is 116 Å². The van der Waals surface area contributed by atoms with Crippen molar-refractivity contribution in [1.82, 2.24) is 40.5 Å². The molecule has 1 aromatic carbocycles. The van der Waals surface area contributed by atoms with Crippen LogP contribution in [-0.4, -0.2) is 109 Å². The Morgan fingerprint density at radius 1 is 0.938 bits per heavy atom. The third kappa shape index (κ3) is 10.0. The van der Waals surface area contributed by atoms with Crippen LogP contribution in [0.3, 0.4) is 0 Å². The molecule has 1 aliphatic carbocycles. The fourth-order valence-electron chi connectivity index (χ4n) is 9.31. The van der Waals surface area contributed by atoms with E-state index in [-0.39, 0.29) is 48.7 Å². The Morgan fingerprint density at radius 2 is 1.69 bits per heavy atom. The number of anilines is 3. The molecule has 0 bridgehead atoms. The zero-order valence-electron chi connectivity index (χ0n) is 37.1. The highest BCUT2D eigenvalue weighted by molar-refractivity contribution is 7.13. The van der Waals surface area contributed by atoms with Gasteiger partial charge in [-0.2, -0.15) is 0 Å². The Balaban J connectivity index is 0.836. The highest BCUT2D eigenvalue weighted by Gasteiger charge is 2.50. The first-order valence-corrected chi connectivity index (χ1v) is 23.2. The lowest BCUT2D eigenvalue weighted by atomic mass is 9.78. The minimum Gasteiger partial charge on any atom is -0.350 e. The lowest BCUT2D eigenvalue weighted by Crippen LogP contribution is -2.60. The molecule has 1 saturated carbocycles. The summed E-state index contributed by atoms with van der Waals surface area (Å²) in [5.41, 5.74) is 5.14. The van der Waals surface area contributed by atoms with Crippen molar-refractivity contribution >= 4 is 46.5 Å². The second-order valence-corrected chi connectivity index (χ2v) is 19.7. The first-order valence-electron chi connectivity index (χ1n) is 22.3. The number of likely N-dealkylation sites (tertiary alicyclic amines) is 1. The monoisotopic (exact) mass is 898 g/mol. The van der Waals surface area contributed by atoms with Crippen LogP contribution in [0.5, 0.6) is 0 Å². The number of alkyl halides is 2. The molecule has 64 heavy (non-hydrogen) atoms. The second kappa shape index (κ2) is 18.4. The summed E-state index contributed by atoms with van der Waals surface area (Å²) in [6, 6.07) is 9.71. The normalized spacial score (nSPS) is 22.1. The van der Waals surface area contributed by atoms with Crippen molar-refractivity contribution in [2.75, 3.05) is 42.9 Å². The van der Waals surface area contributed by atoms with E-state index in [1.54, 1.807) is 44.7 Å². The number of carbonyl (C=O) groups excluding carboxylic acids is 3. The van der Waals surface area contributed by atoms with Gasteiger partial charge in [-0.3, -0.25) is 19.4 Å². The number of hydrogen-bond donors (Lipinski definition) is 3. The minimum atomic E-state index is -2.78. The number of halogens is 2. The van der Waals surface area contributed by atoms with Crippen LogP contribution in [0.2, 0.25) is 0 Å². The summed E-state index contributed by atoms with van der Waals surface area (Å²) < 4.78 is 28.4. The zero-order valence-corrected chi connectivity index (χ0v) is 37.9. The molecular weight excluding hydrogens is 841 g/mol. The Hall–Kier alpha value is -5.65. The van der Waals surface area contributed by atoms with Gasteiger partial charge in [0.2, 0.25) is 23.8 Å². The lowest BCUT2D eigenvalue weighted by molar-refractivity contribution is -0.745. The van der Waals surface area contributed by atoms with Crippen molar-refractivity contribution in [3.05, 3.63) is 82.2 Å². The molecule has 4 aliphatic rings. The van der Waals surface area contributed by atoms with Gasteiger partial charge in [-0.05, 0) is 79.7 Å². The molecule has 15 nitrogen and oxygen atoms in total. The Morgan fingerprint density at radius 3 is 2.33 bits per heavy atom. The van der Waals surface area contributed by atoms with Crippen molar-refractivity contribution in [3.63, 3.8) is 0 Å². The van der Waals surface area contributed by atoms with E-state index in [0.717, 1.165) is 32.1 Å². The van der Waals surface area contributed by atoms with Crippen molar-refractivity contribution in [1.29, 1.82) is 0 Å². The molecular formula is C46H58F2N11O4S+. The topological polar surface area (TPSA) is 169 Å². The SMILES string of the molecule is Cc1ncsc1-c1ccc([C@H](C)NC(=O)[C@@H]2CCCN2C(=O)[C@@H](NC(=O)C2CC([N+](=O)N3CCC(c4cc(Nc5cnccn5)nc(N5CCC(F)(F)C5)c4)CC3)C2)C(C)(C)C)cc1. The second-order valence-electron chi connectivity index (χ2n) is 18.9. The third-order valence-corrected chi connectivity index (χ3v) is 14.2. The van der Waals surface area contributed by atoms with Crippen molar-refractivity contribution < 1.29 is 28.0 Å². The van der Waals surface area contributed by atoms with E-state index in [0.29, 0.717) is 75.6 Å². The van der Waals surface area contributed by atoms with Crippen molar-refractivity contribution in [3.8, 4) is 10.4 Å². The molecule has 0 spiro atoms. The molecule has 340 valence electrons. The molecule has 4 fully saturated rings. The molecule has 6 heterocycles. The number of pyridine rings is 1. The van der Waals surface area contributed by atoms with E-state index in [9.17, 15) is 28.1 Å². The maximum Gasteiger partial charge on any atom is 0.266 e. The Bertz CT molecular complexity index is 2330. The summed E-state index contributed by atoms with van der Waals surface area (Å²) in [4.78, 5) is 78.0. The predicted octanol–water partition coefficient (Wildman–Crippen LogP) is 6.94. The van der Waals surface area contributed by atoms with Crippen LogP contribution in [0.4, 0.5) is 26.2 Å². The molecule has 3 N–H and O–H groups in total. The number of amides is 3. The van der Waals surface area contributed by atoms with Gasteiger partial charge in [0.05, 0.1) is 58.8 Å². The quantitative estimate of drug-likeness (QED) is 0.119. The number of rotatable bonds is 13. The van der Waals surface area contributed by atoms with Gasteiger partial charge in [0, 0.05) is 44.7 Å². The van der Waals surface area contributed by atoms with Crippen LogP contribution in [0.1, 0.15) is 101 Å². The van der Waals surface area contributed by atoms with Crippen LogP contribution in [0, 0.1) is 23.2 Å². The van der Waals surface area contributed by atoms with Gasteiger partial charge in [-0.1, -0.05) is 45.0 Å². The summed E-state index contributed by atoms with van der Waals surface area (Å²) in [6.07, 6.45) is 7.74. The smallest absolute Gasteiger partial charge is 0.266 e. The average molecular weight is 899 g/mol. The third-order valence-electron chi connectivity index (χ3n) is 13.2. The number of nitrogens with one attached hydrogen (secondary N) is 3. The molecule has 4 aromatic rings. The molecule has 3 aliphatic heterocycles. The van der Waals surface area contributed by atoms with E-state index < -0.39 is 35.9 Å². The van der Waals surface area contributed by atoms with Crippen LogP contribution >= 0.6 is 11.3 Å². The van der Waals surface area contributed by atoms with E-state index in [1.807, 2.05) is 76.5 Å². The largest absolute Gasteiger partial charge is 0.350 e. The number of benzene rings is 1. The molecule has 3 amide bonds. The van der Waals surface area contributed by atoms with E-state index in [4.69, 9.17) is 0 Å². The van der Waals surface area contributed by atoms with Gasteiger partial charge in [-0.15, -0.1) is 16.3 Å². The maximum absolute atomic E-state index is 14.2. The Labute approximate surface area is 376 Å². The van der Waals surface area contributed by atoms with Crippen LogP contribution in [-0.2, 0) is 14.4 Å². The summed E-state index contributed by atoms with van der Waals surface area (Å²) >= 11 is 1.59. The van der Waals surface area contributed by atoms with Crippen LogP contribution in [0.15, 0.2) is 60.5 Å². The molecule has 18 heteroatoms. The summed E-state index contributed by atoms with van der Waals surface area (Å²) in [7, 11) is 0. The summed E-state index contributed by atoms with van der Waals surface area (Å²) in [6.45, 7) is 10.8. The van der Waals surface area contributed by atoms with E-state index >= 15 is 0 Å². The highest BCUT2D eigenvalue weighted by atomic mass is 32.1. The molecule has 3 atom stereocenters. The van der Waals surface area contributed by atoms with E-state index in [2.05, 4.69) is 35.9 Å². The Kier molecular flexibility index (Phi) is 13.0. The first-order chi connectivity index (χ1) is 30.5. The van der Waals surface area contributed by atoms with E-state index in [1.165, 1.54) is 0 Å². The van der Waals surface area contributed by atoms with Crippen molar-refractivity contribution in [2.24, 2.45) is 11.3 Å². The minimum absolute atomic E-state index is 0.0741.